The highest BCUT2D eigenvalue weighted by molar-refractivity contribution is 14.1. The molecule has 100 valence electrons. The number of rotatable bonds is 4. The summed E-state index contributed by atoms with van der Waals surface area (Å²) < 4.78 is 8.17. The number of amidine groups is 1. The van der Waals surface area contributed by atoms with Gasteiger partial charge in [0.25, 0.3) is 0 Å². The highest BCUT2D eigenvalue weighted by Gasteiger charge is 2.08. The maximum Gasteiger partial charge on any atom is 0.170 e. The fraction of sp³-hybridized carbons (Fsp3) is 0.167. The molecule has 6 nitrogen and oxygen atoms in total. The first-order valence-electron chi connectivity index (χ1n) is 5.47. The standard InChI is InChI=1S/C12H13IN4O2/c1-19-11-3-2-8(12(14)16-18)4-9(11)6-17-7-10(13)5-15-17/h2-5,7,18H,6H2,1H3,(H2,14,16). The van der Waals surface area contributed by atoms with E-state index >= 15 is 0 Å². The lowest BCUT2D eigenvalue weighted by Crippen LogP contribution is -2.14. The fourth-order valence-corrected chi connectivity index (χ4v) is 2.16. The second-order valence-corrected chi connectivity index (χ2v) is 5.11. The number of ether oxygens (including phenoxy) is 1. The normalized spacial score (nSPS) is 11.6. The minimum atomic E-state index is 0.0685. The number of nitrogens with two attached hydrogens (primary N) is 1. The van der Waals surface area contributed by atoms with Crippen molar-refractivity contribution in [2.75, 3.05) is 7.11 Å². The van der Waals surface area contributed by atoms with E-state index in [0.29, 0.717) is 12.1 Å². The monoisotopic (exact) mass is 372 g/mol. The minimum Gasteiger partial charge on any atom is -0.496 e. The Morgan fingerprint density at radius 1 is 1.58 bits per heavy atom. The van der Waals surface area contributed by atoms with Gasteiger partial charge in [0.05, 0.1) is 23.4 Å². The zero-order chi connectivity index (χ0) is 13.8. The fourth-order valence-electron chi connectivity index (χ4n) is 1.72. The predicted molar refractivity (Wildman–Crippen MR) is 79.6 cm³/mol. The third-order valence-electron chi connectivity index (χ3n) is 2.62. The number of oxime groups is 1. The van der Waals surface area contributed by atoms with Gasteiger partial charge in [-0.3, -0.25) is 4.68 Å². The van der Waals surface area contributed by atoms with Crippen LogP contribution in [-0.2, 0) is 6.54 Å². The van der Waals surface area contributed by atoms with Gasteiger partial charge in [-0.15, -0.1) is 0 Å². The quantitative estimate of drug-likeness (QED) is 0.281. The van der Waals surface area contributed by atoms with Crippen LogP contribution in [0.5, 0.6) is 5.75 Å². The van der Waals surface area contributed by atoms with Gasteiger partial charge >= 0.3 is 0 Å². The first-order valence-corrected chi connectivity index (χ1v) is 6.54. The second-order valence-electron chi connectivity index (χ2n) is 3.87. The highest BCUT2D eigenvalue weighted by atomic mass is 127. The number of hydrogen-bond donors (Lipinski definition) is 2. The molecular weight excluding hydrogens is 359 g/mol. The van der Waals surface area contributed by atoms with Crippen LogP contribution in [0.4, 0.5) is 0 Å². The number of aromatic nitrogens is 2. The Kier molecular flexibility index (Phi) is 4.25. The molecule has 0 aliphatic heterocycles. The van der Waals surface area contributed by atoms with Gasteiger partial charge in [0, 0.05) is 17.3 Å². The van der Waals surface area contributed by atoms with Crippen LogP contribution in [0, 0.1) is 3.57 Å². The van der Waals surface area contributed by atoms with Gasteiger partial charge in [-0.05, 0) is 40.8 Å². The maximum absolute atomic E-state index is 8.71. The van der Waals surface area contributed by atoms with Crippen molar-refractivity contribution < 1.29 is 9.94 Å². The van der Waals surface area contributed by atoms with Crippen LogP contribution < -0.4 is 10.5 Å². The zero-order valence-electron chi connectivity index (χ0n) is 10.2. The average Bonchev–Trinajstić information content (AvgIpc) is 2.83. The van der Waals surface area contributed by atoms with E-state index in [1.807, 2.05) is 12.3 Å². The van der Waals surface area contributed by atoms with Crippen molar-refractivity contribution in [1.29, 1.82) is 0 Å². The van der Waals surface area contributed by atoms with Gasteiger partial charge in [0.15, 0.2) is 5.84 Å². The molecule has 1 aromatic heterocycles. The summed E-state index contributed by atoms with van der Waals surface area (Å²) in [5.74, 6) is 0.805. The molecule has 0 spiro atoms. The Bertz CT molecular complexity index is 610. The molecule has 1 aromatic carbocycles. The van der Waals surface area contributed by atoms with Crippen LogP contribution in [0.15, 0.2) is 35.7 Å². The van der Waals surface area contributed by atoms with Crippen LogP contribution in [0.2, 0.25) is 0 Å². The first kappa shape index (κ1) is 13.7. The Hall–Kier alpha value is -1.77. The predicted octanol–water partition coefficient (Wildman–Crippen LogP) is 1.64. The lowest BCUT2D eigenvalue weighted by Gasteiger charge is -2.10. The number of hydrogen-bond acceptors (Lipinski definition) is 4. The molecule has 3 N–H and O–H groups in total. The Morgan fingerprint density at radius 2 is 2.37 bits per heavy atom. The lowest BCUT2D eigenvalue weighted by molar-refractivity contribution is 0.318. The third-order valence-corrected chi connectivity index (χ3v) is 3.18. The third kappa shape index (κ3) is 3.16. The SMILES string of the molecule is COc1ccc(/C(N)=N/O)cc1Cn1cc(I)cn1. The molecule has 0 saturated heterocycles. The van der Waals surface area contributed by atoms with Crippen molar-refractivity contribution in [3.63, 3.8) is 0 Å². The summed E-state index contributed by atoms with van der Waals surface area (Å²) in [4.78, 5) is 0. The summed E-state index contributed by atoms with van der Waals surface area (Å²) in [6.07, 6.45) is 3.70. The summed E-state index contributed by atoms with van der Waals surface area (Å²) in [5, 5.41) is 15.9. The summed E-state index contributed by atoms with van der Waals surface area (Å²) >= 11 is 2.20. The van der Waals surface area contributed by atoms with Gasteiger partial charge in [-0.2, -0.15) is 5.10 Å². The summed E-state index contributed by atoms with van der Waals surface area (Å²) in [5.41, 5.74) is 7.14. The molecule has 0 unspecified atom stereocenters. The number of benzene rings is 1. The lowest BCUT2D eigenvalue weighted by atomic mass is 10.1. The molecule has 0 fully saturated rings. The van der Waals surface area contributed by atoms with Crippen LogP contribution in [0.3, 0.4) is 0 Å². The molecule has 7 heteroatoms. The van der Waals surface area contributed by atoms with Crippen LogP contribution >= 0.6 is 22.6 Å². The maximum atomic E-state index is 8.71. The summed E-state index contributed by atoms with van der Waals surface area (Å²) in [7, 11) is 1.61. The number of methoxy groups -OCH3 is 1. The van der Waals surface area contributed by atoms with E-state index in [2.05, 4.69) is 32.8 Å². The van der Waals surface area contributed by atoms with Crippen molar-refractivity contribution in [3.05, 3.63) is 45.3 Å². The molecule has 2 rings (SSSR count). The minimum absolute atomic E-state index is 0.0685. The largest absolute Gasteiger partial charge is 0.496 e. The van der Waals surface area contributed by atoms with Gasteiger partial charge in [0.1, 0.15) is 5.75 Å². The van der Waals surface area contributed by atoms with E-state index < -0.39 is 0 Å². The molecule has 0 aliphatic rings. The second kappa shape index (κ2) is 5.91. The molecule has 0 atom stereocenters. The zero-order valence-corrected chi connectivity index (χ0v) is 12.4. The first-order chi connectivity index (χ1) is 9.13. The van der Waals surface area contributed by atoms with Crippen LogP contribution in [-0.4, -0.2) is 27.9 Å². The van der Waals surface area contributed by atoms with E-state index in [1.165, 1.54) is 0 Å². The molecule has 0 bridgehead atoms. The van der Waals surface area contributed by atoms with Crippen LogP contribution in [0.25, 0.3) is 0 Å². The van der Waals surface area contributed by atoms with Crippen molar-refractivity contribution in [3.8, 4) is 5.75 Å². The van der Waals surface area contributed by atoms with E-state index in [9.17, 15) is 0 Å². The van der Waals surface area contributed by atoms with Gasteiger partial charge in [-0.25, -0.2) is 0 Å². The molecule has 0 saturated carbocycles. The number of nitrogens with zero attached hydrogens (tertiary/aromatic N) is 3. The average molecular weight is 372 g/mol. The molecular formula is C12H13IN4O2. The van der Waals surface area contributed by atoms with E-state index in [4.69, 9.17) is 15.7 Å². The van der Waals surface area contributed by atoms with Crippen LogP contribution in [0.1, 0.15) is 11.1 Å². The molecule has 2 aromatic rings. The van der Waals surface area contributed by atoms with E-state index in [-0.39, 0.29) is 5.84 Å². The van der Waals surface area contributed by atoms with Crippen molar-refractivity contribution in [2.24, 2.45) is 10.9 Å². The smallest absolute Gasteiger partial charge is 0.170 e. The Morgan fingerprint density at radius 3 is 2.95 bits per heavy atom. The molecule has 0 amide bonds. The highest BCUT2D eigenvalue weighted by Crippen LogP contribution is 2.21. The van der Waals surface area contributed by atoms with Crippen molar-refractivity contribution in [1.82, 2.24) is 9.78 Å². The van der Waals surface area contributed by atoms with Gasteiger partial charge in [0.2, 0.25) is 0 Å². The van der Waals surface area contributed by atoms with Crippen molar-refractivity contribution >= 4 is 28.4 Å². The molecule has 0 radical (unpaired) electrons. The van der Waals surface area contributed by atoms with Gasteiger partial charge < -0.3 is 15.7 Å². The Balaban J connectivity index is 2.36. The molecule has 19 heavy (non-hydrogen) atoms. The van der Waals surface area contributed by atoms with Crippen molar-refractivity contribution in [2.45, 2.75) is 6.54 Å². The Labute approximate surface area is 124 Å². The summed E-state index contributed by atoms with van der Waals surface area (Å²) in [6.45, 7) is 0.554. The van der Waals surface area contributed by atoms with E-state index in [1.54, 1.807) is 30.1 Å². The van der Waals surface area contributed by atoms with E-state index in [0.717, 1.165) is 14.9 Å². The summed E-state index contributed by atoms with van der Waals surface area (Å²) in [6, 6.07) is 5.35. The molecule has 1 heterocycles. The van der Waals surface area contributed by atoms with Gasteiger partial charge in [-0.1, -0.05) is 5.16 Å². The molecule has 0 aliphatic carbocycles. The topological polar surface area (TPSA) is 85.7 Å². The number of halogens is 1.